The van der Waals surface area contributed by atoms with Crippen LogP contribution in [0, 0.1) is 28.6 Å². The first kappa shape index (κ1) is 14.5. The van der Waals surface area contributed by atoms with Crippen molar-refractivity contribution in [2.75, 3.05) is 0 Å². The number of aliphatic hydroxyl groups is 1. The third-order valence-electron chi connectivity index (χ3n) is 7.66. The van der Waals surface area contributed by atoms with Crippen molar-refractivity contribution >= 4 is 0 Å². The Kier molecular flexibility index (Phi) is 3.13. The summed E-state index contributed by atoms with van der Waals surface area (Å²) in [6.07, 6.45) is 13.7. The summed E-state index contributed by atoms with van der Waals surface area (Å²) in [6, 6.07) is 0. The maximum absolute atomic E-state index is 9.93. The lowest BCUT2D eigenvalue weighted by molar-refractivity contribution is -0.00350. The fourth-order valence-corrected chi connectivity index (χ4v) is 6.42. The first-order chi connectivity index (χ1) is 10.5. The van der Waals surface area contributed by atoms with Crippen molar-refractivity contribution in [3.05, 3.63) is 41.7 Å². The molecular weight excluding hydrogens is 268 g/mol. The van der Waals surface area contributed by atoms with Crippen LogP contribution in [0.15, 0.2) is 41.7 Å². The van der Waals surface area contributed by atoms with E-state index < -0.39 is 0 Å². The van der Waals surface area contributed by atoms with Crippen LogP contribution < -0.4 is 0 Å². The Morgan fingerprint density at radius 3 is 2.77 bits per heavy atom. The summed E-state index contributed by atoms with van der Waals surface area (Å²) in [6.45, 7) is 8.85. The van der Waals surface area contributed by atoms with Crippen LogP contribution in [0.3, 0.4) is 0 Å². The fraction of sp³-hybridized carbons (Fsp3) is 0.667. The van der Waals surface area contributed by atoms with E-state index in [0.29, 0.717) is 5.41 Å². The Hall–Kier alpha value is -1.04. The van der Waals surface area contributed by atoms with Gasteiger partial charge >= 0.3 is 0 Å². The zero-order valence-corrected chi connectivity index (χ0v) is 13.9. The third-order valence-corrected chi connectivity index (χ3v) is 7.66. The predicted octanol–water partition coefficient (Wildman–Crippen LogP) is 4.80. The van der Waals surface area contributed by atoms with Crippen molar-refractivity contribution in [3.63, 3.8) is 0 Å². The topological polar surface area (TPSA) is 20.2 Å². The minimum absolute atomic E-state index is 0.185. The third kappa shape index (κ3) is 1.76. The van der Waals surface area contributed by atoms with E-state index in [4.69, 9.17) is 0 Å². The highest BCUT2D eigenvalue weighted by Crippen LogP contribution is 2.65. The van der Waals surface area contributed by atoms with Gasteiger partial charge in [-0.15, -0.1) is 5.73 Å². The Morgan fingerprint density at radius 2 is 2.00 bits per heavy atom. The Morgan fingerprint density at radius 1 is 1.18 bits per heavy atom. The molecule has 3 unspecified atom stereocenters. The van der Waals surface area contributed by atoms with Crippen LogP contribution in [-0.4, -0.2) is 11.2 Å². The molecule has 3 fully saturated rings. The Labute approximate surface area is 134 Å². The Bertz CT molecular complexity index is 605. The zero-order chi connectivity index (χ0) is 15.5. The number of allylic oxidation sites excluding steroid dienone is 3. The minimum Gasteiger partial charge on any atom is -0.385 e. The lowest BCUT2D eigenvalue weighted by atomic mass is 9.48. The molecule has 0 amide bonds. The van der Waals surface area contributed by atoms with Gasteiger partial charge in [0.1, 0.15) is 0 Å². The lowest BCUT2D eigenvalue weighted by Crippen LogP contribution is -2.48. The van der Waals surface area contributed by atoms with Gasteiger partial charge < -0.3 is 5.11 Å². The molecule has 1 N–H and O–H groups in total. The standard InChI is InChI=1S/C21H28O/c1-4-14-6-8-18-17-7-5-15-13-16(22)9-11-21(15,3)19(17)10-12-20(14,18)2/h9,11,13,16-19,22H,1,5-8,10,12H2,2-3H3/t16-,17?,18?,19?,20+,21-/m0/s1. The molecule has 0 aromatic rings. The monoisotopic (exact) mass is 296 g/mol. The minimum atomic E-state index is -0.365. The molecule has 0 aliphatic heterocycles. The second-order valence-electron chi connectivity index (χ2n) is 8.39. The van der Waals surface area contributed by atoms with E-state index in [1.54, 1.807) is 0 Å². The molecule has 4 aliphatic carbocycles. The van der Waals surface area contributed by atoms with Crippen molar-refractivity contribution in [3.8, 4) is 0 Å². The summed E-state index contributed by atoms with van der Waals surface area (Å²) in [5.74, 6) is 2.39. The lowest BCUT2D eigenvalue weighted by Gasteiger charge is -2.56. The van der Waals surface area contributed by atoms with Gasteiger partial charge in [-0.3, -0.25) is 0 Å². The fourth-order valence-electron chi connectivity index (χ4n) is 6.42. The number of hydrogen-bond donors (Lipinski definition) is 1. The van der Waals surface area contributed by atoms with Gasteiger partial charge in [-0.05, 0) is 67.3 Å². The number of rotatable bonds is 0. The molecule has 0 aromatic heterocycles. The summed E-state index contributed by atoms with van der Waals surface area (Å²) in [4.78, 5) is 0. The van der Waals surface area contributed by atoms with Crippen molar-refractivity contribution in [1.82, 2.24) is 0 Å². The van der Waals surface area contributed by atoms with Crippen molar-refractivity contribution < 1.29 is 5.11 Å². The van der Waals surface area contributed by atoms with E-state index in [-0.39, 0.29) is 11.5 Å². The van der Waals surface area contributed by atoms with Gasteiger partial charge in [-0.25, -0.2) is 0 Å². The number of hydrogen-bond acceptors (Lipinski definition) is 1. The summed E-state index contributed by atoms with van der Waals surface area (Å²) < 4.78 is 0. The molecule has 4 rings (SSSR count). The SMILES string of the molecule is C=C=C1CCC2C3CCC4=C[C@@H](O)C=C[C@]4(C)C3CC[C@]12C. The highest BCUT2D eigenvalue weighted by molar-refractivity contribution is 5.34. The van der Waals surface area contributed by atoms with Crippen LogP contribution in [0.4, 0.5) is 0 Å². The van der Waals surface area contributed by atoms with Crippen LogP contribution >= 0.6 is 0 Å². The van der Waals surface area contributed by atoms with Gasteiger partial charge in [0.2, 0.25) is 0 Å². The van der Waals surface area contributed by atoms with E-state index in [1.807, 2.05) is 6.08 Å². The van der Waals surface area contributed by atoms with Crippen LogP contribution in [0.5, 0.6) is 0 Å². The molecule has 0 heterocycles. The summed E-state index contributed by atoms with van der Waals surface area (Å²) >= 11 is 0. The number of aliphatic hydroxyl groups excluding tert-OH is 1. The molecular formula is C21H28O. The van der Waals surface area contributed by atoms with E-state index in [1.165, 1.54) is 49.7 Å². The van der Waals surface area contributed by atoms with Gasteiger partial charge in [0, 0.05) is 5.41 Å². The highest BCUT2D eigenvalue weighted by Gasteiger charge is 2.56. The van der Waals surface area contributed by atoms with Gasteiger partial charge in [-0.1, -0.05) is 44.2 Å². The first-order valence-corrected chi connectivity index (χ1v) is 8.97. The van der Waals surface area contributed by atoms with E-state index in [2.05, 4.69) is 38.3 Å². The Balaban J connectivity index is 1.71. The van der Waals surface area contributed by atoms with Crippen molar-refractivity contribution in [1.29, 1.82) is 0 Å². The molecule has 3 saturated carbocycles. The van der Waals surface area contributed by atoms with Gasteiger partial charge in [0.15, 0.2) is 0 Å². The highest BCUT2D eigenvalue weighted by atomic mass is 16.3. The molecule has 1 heteroatoms. The van der Waals surface area contributed by atoms with Crippen LogP contribution in [0.25, 0.3) is 0 Å². The van der Waals surface area contributed by atoms with Gasteiger partial charge in [-0.2, -0.15) is 0 Å². The number of fused-ring (bicyclic) bond motifs is 5. The average molecular weight is 296 g/mol. The average Bonchev–Trinajstić information content (AvgIpc) is 2.84. The quantitative estimate of drug-likeness (QED) is 0.503. The van der Waals surface area contributed by atoms with Crippen LogP contribution in [0.1, 0.15) is 52.4 Å². The van der Waals surface area contributed by atoms with E-state index in [0.717, 1.165) is 17.8 Å². The van der Waals surface area contributed by atoms with Crippen molar-refractivity contribution in [2.24, 2.45) is 28.6 Å². The van der Waals surface area contributed by atoms with Gasteiger partial charge in [0.05, 0.1) is 6.10 Å². The normalized spacial score (nSPS) is 49.8. The van der Waals surface area contributed by atoms with Crippen LogP contribution in [0.2, 0.25) is 0 Å². The molecule has 0 radical (unpaired) electrons. The largest absolute Gasteiger partial charge is 0.385 e. The second-order valence-corrected chi connectivity index (χ2v) is 8.39. The first-order valence-electron chi connectivity index (χ1n) is 8.97. The van der Waals surface area contributed by atoms with Crippen molar-refractivity contribution in [2.45, 2.75) is 58.5 Å². The molecule has 4 aliphatic rings. The maximum atomic E-state index is 9.93. The van der Waals surface area contributed by atoms with E-state index in [9.17, 15) is 5.11 Å². The molecule has 0 aromatic carbocycles. The molecule has 0 saturated heterocycles. The second kappa shape index (κ2) is 4.73. The molecule has 118 valence electrons. The van der Waals surface area contributed by atoms with Crippen LogP contribution in [-0.2, 0) is 0 Å². The smallest absolute Gasteiger partial charge is 0.0905 e. The summed E-state index contributed by atoms with van der Waals surface area (Å²) in [5, 5.41) is 9.93. The molecule has 0 spiro atoms. The maximum Gasteiger partial charge on any atom is 0.0905 e. The molecule has 6 atom stereocenters. The molecule has 0 bridgehead atoms. The molecule has 22 heavy (non-hydrogen) atoms. The zero-order valence-electron chi connectivity index (χ0n) is 13.9. The molecule has 1 nitrogen and oxygen atoms in total. The van der Waals surface area contributed by atoms with E-state index >= 15 is 0 Å². The summed E-state index contributed by atoms with van der Waals surface area (Å²) in [5.41, 5.74) is 6.81. The van der Waals surface area contributed by atoms with Gasteiger partial charge in [0.25, 0.3) is 0 Å². The summed E-state index contributed by atoms with van der Waals surface area (Å²) in [7, 11) is 0. The predicted molar refractivity (Wildman–Crippen MR) is 90.3 cm³/mol.